The van der Waals surface area contributed by atoms with Crippen LogP contribution in [0.2, 0.25) is 0 Å². The minimum absolute atomic E-state index is 0.01000. The molecule has 2 heterocycles. The summed E-state index contributed by atoms with van der Waals surface area (Å²) in [4.78, 5) is 34.4. The van der Waals surface area contributed by atoms with Gasteiger partial charge < -0.3 is 4.90 Å². The molecule has 4 rings (SSSR count). The summed E-state index contributed by atoms with van der Waals surface area (Å²) in [6, 6.07) is 9.90. The number of carbonyl (C=O) groups excluding carboxylic acids is 1. The van der Waals surface area contributed by atoms with Gasteiger partial charge in [-0.1, -0.05) is 36.4 Å². The Bertz CT molecular complexity index is 1130. The van der Waals surface area contributed by atoms with E-state index in [1.807, 2.05) is 49.1 Å². The van der Waals surface area contributed by atoms with Crippen LogP contribution in [0.5, 0.6) is 0 Å². The van der Waals surface area contributed by atoms with Crippen LogP contribution < -0.4 is 5.56 Å². The lowest BCUT2D eigenvalue weighted by atomic mass is 10.0. The third kappa shape index (κ3) is 3.77. The van der Waals surface area contributed by atoms with Crippen molar-refractivity contribution in [1.82, 2.24) is 14.5 Å². The lowest BCUT2D eigenvalue weighted by Gasteiger charge is -2.26. The molecule has 0 bridgehead atoms. The zero-order valence-electron chi connectivity index (χ0n) is 16.9. The van der Waals surface area contributed by atoms with Crippen molar-refractivity contribution in [3.8, 4) is 11.1 Å². The van der Waals surface area contributed by atoms with Gasteiger partial charge in [0, 0.05) is 22.7 Å². The molecule has 0 radical (unpaired) electrons. The molecule has 1 aliphatic rings. The van der Waals surface area contributed by atoms with Crippen LogP contribution in [-0.2, 0) is 11.3 Å². The Hall–Kier alpha value is -2.73. The minimum atomic E-state index is -0.153. The first-order valence-electron chi connectivity index (χ1n) is 10.1. The van der Waals surface area contributed by atoms with E-state index in [0.29, 0.717) is 11.9 Å². The number of nitrogens with zero attached hydrogens (tertiary/aromatic N) is 3. The van der Waals surface area contributed by atoms with Crippen molar-refractivity contribution in [2.45, 2.75) is 46.1 Å². The number of benzene rings is 1. The minimum Gasteiger partial charge on any atom is -0.315 e. The van der Waals surface area contributed by atoms with E-state index in [2.05, 4.69) is 11.1 Å². The molecule has 1 amide bonds. The van der Waals surface area contributed by atoms with Crippen LogP contribution in [0.25, 0.3) is 21.3 Å². The molecule has 29 heavy (non-hydrogen) atoms. The number of hydrogen-bond acceptors (Lipinski definition) is 4. The SMILES string of the molecule is CCN(C(=O)Cn1cnc2sc(C)c(-c3ccccc3)c2c1=O)C1=CCCCC1. The average Bonchev–Trinajstić information content (AvgIpc) is 3.09. The summed E-state index contributed by atoms with van der Waals surface area (Å²) in [6.07, 6.45) is 7.89. The maximum Gasteiger partial charge on any atom is 0.263 e. The number of fused-ring (bicyclic) bond motifs is 1. The Kier molecular flexibility index (Phi) is 5.62. The first kappa shape index (κ1) is 19.6. The third-order valence-corrected chi connectivity index (χ3v) is 6.47. The number of thiophene rings is 1. The Labute approximate surface area is 174 Å². The van der Waals surface area contributed by atoms with E-state index in [1.165, 1.54) is 28.7 Å². The molecule has 0 N–H and O–H groups in total. The molecule has 0 saturated carbocycles. The van der Waals surface area contributed by atoms with Crippen molar-refractivity contribution in [3.63, 3.8) is 0 Å². The Morgan fingerprint density at radius 2 is 2.03 bits per heavy atom. The number of allylic oxidation sites excluding steroid dienone is 2. The topological polar surface area (TPSA) is 55.2 Å². The van der Waals surface area contributed by atoms with Crippen molar-refractivity contribution in [1.29, 1.82) is 0 Å². The Morgan fingerprint density at radius 3 is 2.72 bits per heavy atom. The molecule has 1 aromatic carbocycles. The third-order valence-electron chi connectivity index (χ3n) is 5.45. The highest BCUT2D eigenvalue weighted by molar-refractivity contribution is 7.19. The van der Waals surface area contributed by atoms with E-state index in [9.17, 15) is 9.59 Å². The zero-order chi connectivity index (χ0) is 20.4. The largest absolute Gasteiger partial charge is 0.315 e. The normalized spacial score (nSPS) is 14.1. The molecule has 0 unspecified atom stereocenters. The number of carbonyl (C=O) groups is 1. The van der Waals surface area contributed by atoms with Crippen molar-refractivity contribution < 1.29 is 4.79 Å². The maximum absolute atomic E-state index is 13.3. The molecule has 1 aliphatic carbocycles. The average molecular weight is 408 g/mol. The number of aromatic nitrogens is 2. The van der Waals surface area contributed by atoms with Gasteiger partial charge in [0.05, 0.1) is 11.7 Å². The van der Waals surface area contributed by atoms with E-state index in [-0.39, 0.29) is 18.0 Å². The maximum atomic E-state index is 13.3. The van der Waals surface area contributed by atoms with Gasteiger partial charge in [-0.2, -0.15) is 0 Å². The van der Waals surface area contributed by atoms with Crippen LogP contribution in [0.3, 0.4) is 0 Å². The number of hydrogen-bond donors (Lipinski definition) is 0. The molecule has 6 heteroatoms. The van der Waals surface area contributed by atoms with Crippen LogP contribution in [0, 0.1) is 6.92 Å². The molecule has 5 nitrogen and oxygen atoms in total. The van der Waals surface area contributed by atoms with Crippen molar-refractivity contribution in [3.05, 3.63) is 63.7 Å². The Balaban J connectivity index is 1.72. The predicted molar refractivity (Wildman–Crippen MR) is 118 cm³/mol. The van der Waals surface area contributed by atoms with Gasteiger partial charge >= 0.3 is 0 Å². The molecule has 0 atom stereocenters. The van der Waals surface area contributed by atoms with Crippen LogP contribution in [0.4, 0.5) is 0 Å². The molecular weight excluding hydrogens is 382 g/mol. The van der Waals surface area contributed by atoms with Gasteiger partial charge in [0.2, 0.25) is 5.91 Å². The molecule has 2 aromatic heterocycles. The van der Waals surface area contributed by atoms with Gasteiger partial charge in [0.15, 0.2) is 0 Å². The fourth-order valence-electron chi connectivity index (χ4n) is 4.04. The van der Waals surface area contributed by atoms with Crippen molar-refractivity contribution in [2.75, 3.05) is 6.54 Å². The van der Waals surface area contributed by atoms with Crippen molar-refractivity contribution in [2.24, 2.45) is 0 Å². The quantitative estimate of drug-likeness (QED) is 0.614. The molecule has 0 aliphatic heterocycles. The van der Waals surface area contributed by atoms with Gasteiger partial charge in [0.1, 0.15) is 11.4 Å². The summed E-state index contributed by atoms with van der Waals surface area (Å²) in [5.41, 5.74) is 2.86. The second-order valence-electron chi connectivity index (χ2n) is 7.34. The number of amides is 1. The van der Waals surface area contributed by atoms with Gasteiger partial charge in [-0.3, -0.25) is 14.2 Å². The summed E-state index contributed by atoms with van der Waals surface area (Å²) in [7, 11) is 0. The Morgan fingerprint density at radius 1 is 1.24 bits per heavy atom. The first-order valence-corrected chi connectivity index (χ1v) is 10.9. The standard InChI is InChI=1S/C23H25N3O2S/c1-3-26(18-12-8-5-9-13-18)19(27)14-25-15-24-22-21(23(25)28)20(16(2)29-22)17-10-6-4-7-11-17/h4,6-7,10-12,15H,3,5,8-9,13-14H2,1-2H3. The lowest BCUT2D eigenvalue weighted by Crippen LogP contribution is -2.36. The van der Waals surface area contributed by atoms with Crippen molar-refractivity contribution >= 4 is 27.5 Å². The van der Waals surface area contributed by atoms with Gasteiger partial charge in [-0.25, -0.2) is 4.98 Å². The van der Waals surface area contributed by atoms with E-state index in [0.717, 1.165) is 45.8 Å². The predicted octanol–water partition coefficient (Wildman–Crippen LogP) is 4.74. The number of likely N-dealkylation sites (N-methyl/N-ethyl adjacent to an activating group) is 1. The monoisotopic (exact) mass is 407 g/mol. The zero-order valence-corrected chi connectivity index (χ0v) is 17.7. The van der Waals surface area contributed by atoms with E-state index >= 15 is 0 Å². The summed E-state index contributed by atoms with van der Waals surface area (Å²) < 4.78 is 1.45. The number of rotatable bonds is 5. The highest BCUT2D eigenvalue weighted by Gasteiger charge is 2.21. The van der Waals surface area contributed by atoms with Crippen LogP contribution >= 0.6 is 11.3 Å². The second-order valence-corrected chi connectivity index (χ2v) is 8.54. The molecule has 3 aromatic rings. The summed E-state index contributed by atoms with van der Waals surface area (Å²) in [5.74, 6) is -0.0582. The molecule has 0 saturated heterocycles. The first-order chi connectivity index (χ1) is 14.1. The summed E-state index contributed by atoms with van der Waals surface area (Å²) in [6.45, 7) is 4.61. The van der Waals surface area contributed by atoms with E-state index < -0.39 is 0 Å². The van der Waals surface area contributed by atoms with Gasteiger partial charge in [0.25, 0.3) is 5.56 Å². The van der Waals surface area contributed by atoms with Gasteiger partial charge in [-0.15, -0.1) is 11.3 Å². The van der Waals surface area contributed by atoms with Gasteiger partial charge in [-0.05, 0) is 45.1 Å². The summed E-state index contributed by atoms with van der Waals surface area (Å²) >= 11 is 1.52. The summed E-state index contributed by atoms with van der Waals surface area (Å²) in [5, 5.41) is 0.605. The van der Waals surface area contributed by atoms with Crippen LogP contribution in [0.1, 0.15) is 37.5 Å². The molecule has 150 valence electrons. The number of aryl methyl sites for hydroxylation is 1. The highest BCUT2D eigenvalue weighted by atomic mass is 32.1. The fraction of sp³-hybridized carbons (Fsp3) is 0.348. The second kappa shape index (κ2) is 8.33. The van der Waals surface area contributed by atoms with Crippen LogP contribution in [-0.4, -0.2) is 26.9 Å². The lowest BCUT2D eigenvalue weighted by molar-refractivity contribution is -0.130. The molecule has 0 fully saturated rings. The van der Waals surface area contributed by atoms with E-state index in [4.69, 9.17) is 0 Å². The molecular formula is C23H25N3O2S. The highest BCUT2D eigenvalue weighted by Crippen LogP contribution is 2.35. The van der Waals surface area contributed by atoms with Crippen LogP contribution in [0.15, 0.2) is 53.2 Å². The smallest absolute Gasteiger partial charge is 0.263 e. The fourth-order valence-corrected chi connectivity index (χ4v) is 5.04. The molecule has 0 spiro atoms. The van der Waals surface area contributed by atoms with E-state index in [1.54, 1.807) is 0 Å².